The SMILES string of the molecule is COc1ccc(N2CCN(c3ccc(C)cc3)P2OCCNC(=S)Nc2ccccc2)cc1.COc1ccc(N2CCN(c3ccc(OC)cc3)P2Cl)cc1.OCCNC(=S)Nc1ccccc1. The van der Waals surface area contributed by atoms with Crippen molar-refractivity contribution in [1.82, 2.24) is 10.6 Å². The molecule has 358 valence electrons. The van der Waals surface area contributed by atoms with Crippen molar-refractivity contribution >= 4 is 96.1 Å². The molecule has 2 heterocycles. The zero-order valence-electron chi connectivity index (χ0n) is 38.6. The maximum absolute atomic E-state index is 8.53. The smallest absolute Gasteiger partial charge is 0.248 e. The Morgan fingerprint density at radius 1 is 0.529 bits per heavy atom. The average Bonchev–Trinajstić information content (AvgIpc) is 3.99. The van der Waals surface area contributed by atoms with E-state index in [1.165, 1.54) is 11.3 Å². The van der Waals surface area contributed by atoms with Crippen molar-refractivity contribution in [2.24, 2.45) is 0 Å². The van der Waals surface area contributed by atoms with Crippen LogP contribution in [0.25, 0.3) is 0 Å². The largest absolute Gasteiger partial charge is 0.497 e. The van der Waals surface area contributed by atoms with Crippen LogP contribution in [0, 0.1) is 6.92 Å². The average molecular weight is 1010 g/mol. The number of nitrogens with one attached hydrogen (secondary N) is 4. The molecule has 68 heavy (non-hydrogen) atoms. The fourth-order valence-electron chi connectivity index (χ4n) is 6.85. The molecule has 6 aromatic rings. The first-order valence-electron chi connectivity index (χ1n) is 22.0. The van der Waals surface area contributed by atoms with E-state index in [9.17, 15) is 0 Å². The molecule has 0 radical (unpaired) electrons. The Morgan fingerprint density at radius 2 is 0.882 bits per heavy atom. The number of aryl methyl sites for hydroxylation is 1. The van der Waals surface area contributed by atoms with Gasteiger partial charge in [-0.15, -0.1) is 0 Å². The molecular formula is C50H59ClN8O5P2S2. The van der Waals surface area contributed by atoms with Crippen molar-refractivity contribution < 1.29 is 23.8 Å². The van der Waals surface area contributed by atoms with Gasteiger partial charge in [0, 0.05) is 73.4 Å². The maximum atomic E-state index is 8.53. The fraction of sp³-hybridized carbons (Fsp3) is 0.240. The number of ether oxygens (including phenoxy) is 3. The number of para-hydroxylation sites is 2. The number of benzene rings is 6. The van der Waals surface area contributed by atoms with Crippen LogP contribution in [-0.2, 0) is 4.52 Å². The molecule has 0 bridgehead atoms. The van der Waals surface area contributed by atoms with Gasteiger partial charge < -0.3 is 63.8 Å². The van der Waals surface area contributed by atoms with Crippen LogP contribution in [0.1, 0.15) is 5.56 Å². The second kappa shape index (κ2) is 27.4. The minimum Gasteiger partial charge on any atom is -0.497 e. The predicted molar refractivity (Wildman–Crippen MR) is 294 cm³/mol. The highest BCUT2D eigenvalue weighted by Gasteiger charge is 2.35. The molecule has 2 fully saturated rings. The van der Waals surface area contributed by atoms with Crippen molar-refractivity contribution in [3.63, 3.8) is 0 Å². The molecule has 2 aliphatic heterocycles. The van der Waals surface area contributed by atoms with Crippen molar-refractivity contribution in [2.45, 2.75) is 6.92 Å². The van der Waals surface area contributed by atoms with E-state index in [4.69, 9.17) is 59.5 Å². The summed E-state index contributed by atoms with van der Waals surface area (Å²) in [7, 11) is 3.11. The monoisotopic (exact) mass is 1010 g/mol. The second-order valence-electron chi connectivity index (χ2n) is 15.0. The first-order valence-corrected chi connectivity index (χ1v) is 26.1. The van der Waals surface area contributed by atoms with Crippen LogP contribution in [0.5, 0.6) is 17.2 Å². The highest BCUT2D eigenvalue weighted by atomic mass is 35.7. The third-order valence-electron chi connectivity index (χ3n) is 10.4. The van der Waals surface area contributed by atoms with Crippen molar-refractivity contribution in [2.75, 3.05) is 103 Å². The Balaban J connectivity index is 0.000000186. The molecule has 2 aliphatic rings. The van der Waals surface area contributed by atoms with Crippen LogP contribution >= 0.6 is 51.7 Å². The van der Waals surface area contributed by atoms with Crippen molar-refractivity contribution in [1.29, 1.82) is 0 Å². The first kappa shape index (κ1) is 51.8. The van der Waals surface area contributed by atoms with Gasteiger partial charge in [0.25, 0.3) is 0 Å². The van der Waals surface area contributed by atoms with Crippen LogP contribution < -0.4 is 54.2 Å². The third kappa shape index (κ3) is 15.4. The van der Waals surface area contributed by atoms with E-state index in [0.717, 1.165) is 71.9 Å². The van der Waals surface area contributed by atoms with E-state index >= 15 is 0 Å². The highest BCUT2D eigenvalue weighted by molar-refractivity contribution is 7.86. The van der Waals surface area contributed by atoms with Crippen LogP contribution in [0.4, 0.5) is 34.1 Å². The Labute approximate surface area is 418 Å². The fourth-order valence-corrected chi connectivity index (χ4v) is 11.7. The summed E-state index contributed by atoms with van der Waals surface area (Å²) in [5.74, 6) is 2.56. The van der Waals surface area contributed by atoms with Gasteiger partial charge in [-0.3, -0.25) is 0 Å². The predicted octanol–water partition coefficient (Wildman–Crippen LogP) is 11.0. The molecule has 0 amide bonds. The number of aliphatic hydroxyl groups is 1. The summed E-state index contributed by atoms with van der Waals surface area (Å²) < 4.78 is 31.4. The first-order chi connectivity index (χ1) is 33.2. The van der Waals surface area contributed by atoms with E-state index < -0.39 is 16.0 Å². The van der Waals surface area contributed by atoms with Crippen molar-refractivity contribution in [3.05, 3.63) is 163 Å². The summed E-state index contributed by atoms with van der Waals surface area (Å²) in [6, 6.07) is 52.4. The zero-order chi connectivity index (χ0) is 48.1. The lowest BCUT2D eigenvalue weighted by atomic mass is 10.2. The van der Waals surface area contributed by atoms with Gasteiger partial charge in [-0.2, -0.15) is 0 Å². The number of nitrogens with zero attached hydrogens (tertiary/aromatic N) is 4. The standard InChI is InChI=1S/C25H29N4O2PS.C16H18ClN2O2P.C9H12N2OS/c1-20-8-10-22(11-9-20)28-17-18-29(23-12-14-24(30-2)15-13-23)32(28)31-19-16-26-25(33)27-21-6-4-3-5-7-21;1-20-15-7-3-13(4-8-15)18-11-12-19(22(18)17)14-5-9-16(21-2)10-6-14;12-7-6-10-9(13)11-8-4-2-1-3-5-8/h3-15H,16-19H2,1-2H3,(H2,26,27,33);3-10H,11-12H2,1-2H3;1-5,12H,6-7H2,(H2,10,11,13). The Hall–Kier alpha value is -5.63. The quantitative estimate of drug-likeness (QED) is 0.0381. The number of halogens is 1. The number of methoxy groups -OCH3 is 3. The zero-order valence-corrected chi connectivity index (χ0v) is 42.8. The van der Waals surface area contributed by atoms with Gasteiger partial charge in [0.15, 0.2) is 17.8 Å². The molecule has 1 unspecified atom stereocenters. The molecular weight excluding hydrogens is 954 g/mol. The molecule has 0 aromatic heterocycles. The number of aliphatic hydroxyl groups excluding tert-OH is 1. The van der Waals surface area contributed by atoms with Gasteiger partial charge in [-0.05, 0) is 152 Å². The van der Waals surface area contributed by atoms with E-state index in [0.29, 0.717) is 29.9 Å². The van der Waals surface area contributed by atoms with Crippen LogP contribution in [0.3, 0.4) is 0 Å². The summed E-state index contributed by atoms with van der Waals surface area (Å²) in [5, 5.41) is 21.9. The third-order valence-corrected chi connectivity index (χ3v) is 15.7. The lowest BCUT2D eigenvalue weighted by Crippen LogP contribution is -2.31. The minimum absolute atomic E-state index is 0.0800. The van der Waals surface area contributed by atoms with Gasteiger partial charge in [-0.25, -0.2) is 0 Å². The summed E-state index contributed by atoms with van der Waals surface area (Å²) >= 11 is 17.1. The van der Waals surface area contributed by atoms with Gasteiger partial charge in [0.1, 0.15) is 17.2 Å². The Kier molecular flexibility index (Phi) is 20.8. The number of anilines is 6. The van der Waals surface area contributed by atoms with Gasteiger partial charge in [0.2, 0.25) is 8.45 Å². The maximum Gasteiger partial charge on any atom is 0.248 e. The summed E-state index contributed by atoms with van der Waals surface area (Å²) in [6.07, 6.45) is 0. The lowest BCUT2D eigenvalue weighted by molar-refractivity contribution is 0.300. The molecule has 0 aliphatic carbocycles. The second-order valence-corrected chi connectivity index (χ2v) is 19.9. The minimum atomic E-state index is -1.00. The lowest BCUT2D eigenvalue weighted by Gasteiger charge is -2.31. The van der Waals surface area contributed by atoms with Gasteiger partial charge in [0.05, 0.1) is 34.5 Å². The molecule has 2 saturated heterocycles. The summed E-state index contributed by atoms with van der Waals surface area (Å²) in [4.78, 5) is 0. The Morgan fingerprint density at radius 3 is 1.26 bits per heavy atom. The van der Waals surface area contributed by atoms with E-state index in [1.807, 2.05) is 121 Å². The van der Waals surface area contributed by atoms with Gasteiger partial charge >= 0.3 is 0 Å². The molecule has 5 N–H and O–H groups in total. The number of hydrogen-bond donors (Lipinski definition) is 5. The van der Waals surface area contributed by atoms with Gasteiger partial charge in [-0.1, -0.05) is 54.1 Å². The van der Waals surface area contributed by atoms with E-state index in [2.05, 4.69) is 83.3 Å². The molecule has 6 aromatic carbocycles. The van der Waals surface area contributed by atoms with Crippen LogP contribution in [0.15, 0.2) is 158 Å². The Bertz CT molecular complexity index is 2370. The molecule has 13 nitrogen and oxygen atoms in total. The molecule has 1 atom stereocenters. The van der Waals surface area contributed by atoms with E-state index in [1.54, 1.807) is 21.3 Å². The molecule has 0 saturated carbocycles. The van der Waals surface area contributed by atoms with Crippen LogP contribution in [0.2, 0.25) is 0 Å². The number of hydrogen-bond acceptors (Lipinski definition) is 11. The highest BCUT2D eigenvalue weighted by Crippen LogP contribution is 2.57. The molecule has 18 heteroatoms. The number of rotatable bonds is 15. The normalized spacial score (nSPS) is 14.2. The van der Waals surface area contributed by atoms with E-state index in [-0.39, 0.29) is 6.61 Å². The summed E-state index contributed by atoms with van der Waals surface area (Å²) in [5.41, 5.74) is 7.71. The summed E-state index contributed by atoms with van der Waals surface area (Å²) in [6.45, 7) is 7.44. The molecule has 0 spiro atoms. The topological polar surface area (TPSA) is 118 Å². The van der Waals surface area contributed by atoms with Crippen LogP contribution in [-0.4, -0.2) is 89.1 Å². The molecule has 8 rings (SSSR count). The number of thiocarbonyl (C=S) groups is 2. The van der Waals surface area contributed by atoms with Crippen molar-refractivity contribution in [3.8, 4) is 17.2 Å².